The van der Waals surface area contributed by atoms with Crippen LogP contribution in [-0.4, -0.2) is 53.2 Å². The van der Waals surface area contributed by atoms with E-state index in [1.807, 2.05) is 54.3 Å². The summed E-state index contributed by atoms with van der Waals surface area (Å²) in [5, 5.41) is 15.7. The molecular weight excluding hydrogens is 454 g/mol. The molecule has 2 aromatic heterocycles. The third-order valence-electron chi connectivity index (χ3n) is 5.77. The first-order valence-electron chi connectivity index (χ1n) is 10.8. The van der Waals surface area contributed by atoms with Gasteiger partial charge in [0.25, 0.3) is 0 Å². The molecule has 0 aliphatic carbocycles. The zero-order valence-electron chi connectivity index (χ0n) is 18.8. The first-order valence-corrected chi connectivity index (χ1v) is 11.6. The van der Waals surface area contributed by atoms with Gasteiger partial charge in [-0.1, -0.05) is 17.4 Å². The number of nitro groups is 1. The second-order valence-electron chi connectivity index (χ2n) is 7.94. The highest BCUT2D eigenvalue weighted by molar-refractivity contribution is 7.22. The van der Waals surface area contributed by atoms with Crippen molar-refractivity contribution in [1.82, 2.24) is 15.0 Å². The summed E-state index contributed by atoms with van der Waals surface area (Å²) in [7, 11) is 1.64. The summed E-state index contributed by atoms with van der Waals surface area (Å²) in [6.45, 7) is 4.65. The van der Waals surface area contributed by atoms with Gasteiger partial charge in [0, 0.05) is 31.9 Å². The third-order valence-corrected chi connectivity index (χ3v) is 6.71. The lowest BCUT2D eigenvalue weighted by Gasteiger charge is -2.36. The standard InChI is InChI=1S/C23H23N7O3S/c1-15-3-8-18-19(13-15)34-23(26-18)27-21-20(30(31)32)22(25-14-24-21)29-11-9-28(10-12-29)16-4-6-17(33-2)7-5-16/h3-8,13-14H,9-12H2,1-2H3,(H,24,25,26,27). The number of hydrogen-bond acceptors (Lipinski definition) is 10. The number of piperazine rings is 1. The van der Waals surface area contributed by atoms with Gasteiger partial charge in [-0.3, -0.25) is 10.1 Å². The van der Waals surface area contributed by atoms with Crippen molar-refractivity contribution in [2.75, 3.05) is 48.4 Å². The van der Waals surface area contributed by atoms with Crippen molar-refractivity contribution < 1.29 is 9.66 Å². The number of hydrogen-bond donors (Lipinski definition) is 1. The molecule has 11 heteroatoms. The summed E-state index contributed by atoms with van der Waals surface area (Å²) >= 11 is 1.43. The number of nitrogens with one attached hydrogen (secondary N) is 1. The fraction of sp³-hybridized carbons (Fsp3) is 0.261. The Kier molecular flexibility index (Phi) is 5.84. The lowest BCUT2D eigenvalue weighted by molar-refractivity contribution is -0.383. The lowest BCUT2D eigenvalue weighted by atomic mass is 10.2. The summed E-state index contributed by atoms with van der Waals surface area (Å²) in [4.78, 5) is 28.8. The molecule has 0 radical (unpaired) electrons. The number of thiazole rings is 1. The van der Waals surface area contributed by atoms with Gasteiger partial charge in [0.15, 0.2) is 5.13 Å². The van der Waals surface area contributed by atoms with E-state index in [4.69, 9.17) is 4.74 Å². The Morgan fingerprint density at radius 1 is 1.06 bits per heavy atom. The van der Waals surface area contributed by atoms with Gasteiger partial charge in [-0.05, 0) is 48.9 Å². The molecule has 3 heterocycles. The molecule has 2 aromatic carbocycles. The average Bonchev–Trinajstić information content (AvgIpc) is 3.25. The van der Waals surface area contributed by atoms with Crippen LogP contribution < -0.4 is 19.9 Å². The number of methoxy groups -OCH3 is 1. The summed E-state index contributed by atoms with van der Waals surface area (Å²) < 4.78 is 6.24. The summed E-state index contributed by atoms with van der Waals surface area (Å²) in [5.74, 6) is 1.26. The molecule has 1 aliphatic heterocycles. The Morgan fingerprint density at radius 2 is 1.79 bits per heavy atom. The highest BCUT2D eigenvalue weighted by Gasteiger charge is 2.30. The minimum absolute atomic E-state index is 0.142. The van der Waals surface area contributed by atoms with Crippen molar-refractivity contribution in [3.05, 3.63) is 64.5 Å². The van der Waals surface area contributed by atoms with Crippen LogP contribution in [0.1, 0.15) is 5.56 Å². The molecular formula is C23H23N7O3S. The van der Waals surface area contributed by atoms with Crippen molar-refractivity contribution in [3.8, 4) is 5.75 Å². The monoisotopic (exact) mass is 477 g/mol. The van der Waals surface area contributed by atoms with Gasteiger partial charge in [0.1, 0.15) is 12.1 Å². The van der Waals surface area contributed by atoms with Crippen LogP contribution in [-0.2, 0) is 0 Å². The van der Waals surface area contributed by atoms with Crippen LogP contribution in [0.2, 0.25) is 0 Å². The minimum atomic E-state index is -0.426. The number of rotatable bonds is 6. The van der Waals surface area contributed by atoms with Crippen LogP contribution in [0, 0.1) is 17.0 Å². The van der Waals surface area contributed by atoms with Crippen LogP contribution in [0.5, 0.6) is 5.75 Å². The Labute approximate surface area is 200 Å². The van der Waals surface area contributed by atoms with Gasteiger partial charge in [-0.15, -0.1) is 0 Å². The van der Waals surface area contributed by atoms with E-state index in [1.165, 1.54) is 17.7 Å². The molecule has 1 aliphatic rings. The number of ether oxygens (including phenoxy) is 1. The highest BCUT2D eigenvalue weighted by atomic mass is 32.1. The van der Waals surface area contributed by atoms with Gasteiger partial charge in [-0.2, -0.15) is 0 Å². The Morgan fingerprint density at radius 3 is 2.50 bits per heavy atom. The Balaban J connectivity index is 1.37. The second-order valence-corrected chi connectivity index (χ2v) is 8.97. The minimum Gasteiger partial charge on any atom is -0.497 e. The zero-order chi connectivity index (χ0) is 23.7. The molecule has 0 unspecified atom stereocenters. The van der Waals surface area contributed by atoms with E-state index in [0.717, 1.165) is 27.2 Å². The first-order chi connectivity index (χ1) is 16.5. The Hall–Kier alpha value is -3.99. The molecule has 1 fully saturated rings. The second kappa shape index (κ2) is 9.10. The summed E-state index contributed by atoms with van der Waals surface area (Å²) in [6, 6.07) is 13.9. The summed E-state index contributed by atoms with van der Waals surface area (Å²) in [5.41, 5.74) is 2.92. The number of aromatic nitrogens is 3. The van der Waals surface area contributed by atoms with E-state index in [1.54, 1.807) is 7.11 Å². The predicted molar refractivity (Wildman–Crippen MR) is 134 cm³/mol. The molecule has 34 heavy (non-hydrogen) atoms. The fourth-order valence-corrected chi connectivity index (χ4v) is 4.98. The number of fused-ring (bicyclic) bond motifs is 1. The van der Waals surface area contributed by atoms with Gasteiger partial charge in [-0.25, -0.2) is 15.0 Å². The van der Waals surface area contributed by atoms with Gasteiger partial charge in [0.05, 0.1) is 22.2 Å². The van der Waals surface area contributed by atoms with Crippen molar-refractivity contribution in [2.45, 2.75) is 6.92 Å². The molecule has 0 amide bonds. The van der Waals surface area contributed by atoms with E-state index in [0.29, 0.717) is 37.1 Å². The van der Waals surface area contributed by atoms with Crippen molar-refractivity contribution in [3.63, 3.8) is 0 Å². The third kappa shape index (κ3) is 4.29. The molecule has 0 saturated carbocycles. The molecule has 4 aromatic rings. The summed E-state index contributed by atoms with van der Waals surface area (Å²) in [6.07, 6.45) is 1.36. The van der Waals surface area contributed by atoms with Crippen LogP contribution in [0.4, 0.5) is 28.1 Å². The largest absolute Gasteiger partial charge is 0.497 e. The van der Waals surface area contributed by atoms with E-state index in [2.05, 4.69) is 25.2 Å². The zero-order valence-corrected chi connectivity index (χ0v) is 19.6. The molecule has 10 nitrogen and oxygen atoms in total. The number of anilines is 4. The van der Waals surface area contributed by atoms with E-state index in [-0.39, 0.29) is 11.5 Å². The molecule has 174 valence electrons. The fourth-order valence-electron chi connectivity index (χ4n) is 4.02. The van der Waals surface area contributed by atoms with E-state index >= 15 is 0 Å². The molecule has 1 N–H and O–H groups in total. The van der Waals surface area contributed by atoms with Gasteiger partial charge in [0.2, 0.25) is 11.6 Å². The number of benzene rings is 2. The van der Waals surface area contributed by atoms with Crippen LogP contribution in [0.25, 0.3) is 10.2 Å². The molecule has 0 spiro atoms. The lowest BCUT2D eigenvalue weighted by Crippen LogP contribution is -2.47. The van der Waals surface area contributed by atoms with Gasteiger partial charge < -0.3 is 19.9 Å². The van der Waals surface area contributed by atoms with Crippen LogP contribution >= 0.6 is 11.3 Å². The van der Waals surface area contributed by atoms with E-state index < -0.39 is 4.92 Å². The predicted octanol–water partition coefficient (Wildman–Crippen LogP) is 4.38. The smallest absolute Gasteiger partial charge is 0.353 e. The SMILES string of the molecule is COc1ccc(N2CCN(c3ncnc(Nc4nc5ccc(C)cc5s4)c3[N+](=O)[O-])CC2)cc1. The van der Waals surface area contributed by atoms with Gasteiger partial charge >= 0.3 is 5.69 Å². The topological polar surface area (TPSA) is 110 Å². The molecule has 5 rings (SSSR count). The molecule has 0 bridgehead atoms. The maximum absolute atomic E-state index is 12.1. The highest BCUT2D eigenvalue weighted by Crippen LogP contribution is 2.36. The normalized spacial score (nSPS) is 13.8. The van der Waals surface area contributed by atoms with Crippen LogP contribution in [0.3, 0.4) is 0 Å². The first kappa shape index (κ1) is 21.8. The Bertz CT molecular complexity index is 1330. The number of aryl methyl sites for hydroxylation is 1. The molecule has 0 atom stereocenters. The molecule has 1 saturated heterocycles. The maximum atomic E-state index is 12.1. The van der Waals surface area contributed by atoms with E-state index in [9.17, 15) is 10.1 Å². The quantitative estimate of drug-likeness (QED) is 0.319. The average molecular weight is 478 g/mol. The number of nitrogens with zero attached hydrogens (tertiary/aromatic N) is 6. The van der Waals surface area contributed by atoms with Crippen LogP contribution in [0.15, 0.2) is 48.8 Å². The maximum Gasteiger partial charge on any atom is 0.353 e. The van der Waals surface area contributed by atoms with Crippen molar-refractivity contribution >= 4 is 49.7 Å². The van der Waals surface area contributed by atoms with Crippen molar-refractivity contribution in [2.24, 2.45) is 0 Å². The van der Waals surface area contributed by atoms with Crippen molar-refractivity contribution in [1.29, 1.82) is 0 Å².